The summed E-state index contributed by atoms with van der Waals surface area (Å²) in [6, 6.07) is 17.1. The van der Waals surface area contributed by atoms with E-state index in [0.29, 0.717) is 6.61 Å². The smallest absolute Gasteiger partial charge is 0.246 e. The fraction of sp³-hybridized carbons (Fsp3) is 0.278. The Morgan fingerprint density at radius 2 is 1.86 bits per heavy atom. The van der Waals surface area contributed by atoms with Crippen LogP contribution in [0.15, 0.2) is 54.6 Å². The topological polar surface area (TPSA) is 41.6 Å². The van der Waals surface area contributed by atoms with Gasteiger partial charge in [-0.3, -0.25) is 9.69 Å². The molecule has 4 nitrogen and oxygen atoms in total. The highest BCUT2D eigenvalue weighted by molar-refractivity contribution is 5.95. The third kappa shape index (κ3) is 4.16. The molecule has 0 saturated carbocycles. The van der Waals surface area contributed by atoms with Gasteiger partial charge in [0.15, 0.2) is 0 Å². The van der Waals surface area contributed by atoms with E-state index >= 15 is 0 Å². The van der Waals surface area contributed by atoms with Crippen molar-refractivity contribution in [3.63, 3.8) is 0 Å². The Balaban J connectivity index is 2.17. The predicted molar refractivity (Wildman–Crippen MR) is 88.7 cm³/mol. The molecule has 0 aromatic heterocycles. The lowest BCUT2D eigenvalue weighted by Gasteiger charge is -2.24. The van der Waals surface area contributed by atoms with E-state index in [4.69, 9.17) is 4.74 Å². The minimum Gasteiger partial charge on any atom is -0.380 e. The molecule has 1 N–H and O–H groups in total. The molecule has 1 amide bonds. The lowest BCUT2D eigenvalue weighted by Crippen LogP contribution is -2.32. The Hall–Kier alpha value is -2.17. The minimum atomic E-state index is -0.327. The second kappa shape index (κ2) is 7.73. The number of carbonyl (C=O) groups is 1. The summed E-state index contributed by atoms with van der Waals surface area (Å²) < 4.78 is 5.12. The summed E-state index contributed by atoms with van der Waals surface area (Å²) in [6.45, 7) is 0.527. The zero-order chi connectivity index (χ0) is 15.9. The van der Waals surface area contributed by atoms with Gasteiger partial charge in [0, 0.05) is 12.8 Å². The summed E-state index contributed by atoms with van der Waals surface area (Å²) >= 11 is 0. The van der Waals surface area contributed by atoms with Crippen LogP contribution in [0.3, 0.4) is 0 Å². The number of rotatable bonds is 6. The molecule has 0 heterocycles. The maximum atomic E-state index is 12.6. The Labute approximate surface area is 131 Å². The molecule has 2 aromatic rings. The van der Waals surface area contributed by atoms with E-state index in [9.17, 15) is 4.79 Å². The number of hydrogen-bond acceptors (Lipinski definition) is 3. The third-order valence-electron chi connectivity index (χ3n) is 3.39. The molecule has 0 aliphatic heterocycles. The summed E-state index contributed by atoms with van der Waals surface area (Å²) in [7, 11) is 5.46. The Kier molecular flexibility index (Phi) is 5.69. The highest BCUT2D eigenvalue weighted by atomic mass is 16.5. The first-order chi connectivity index (χ1) is 10.6. The van der Waals surface area contributed by atoms with Crippen molar-refractivity contribution in [2.45, 2.75) is 12.6 Å². The van der Waals surface area contributed by atoms with E-state index in [0.717, 1.165) is 16.8 Å². The number of amides is 1. The number of ether oxygens (including phenoxy) is 1. The molecular formula is C18H22N2O2. The molecule has 2 aromatic carbocycles. The number of nitrogens with zero attached hydrogens (tertiary/aromatic N) is 1. The van der Waals surface area contributed by atoms with Gasteiger partial charge in [-0.05, 0) is 37.4 Å². The van der Waals surface area contributed by atoms with Crippen LogP contribution in [0.1, 0.15) is 17.2 Å². The standard InChI is InChI=1S/C18H22N2O2/c1-20(2)17(15-9-5-4-6-10-15)18(21)19-16-11-7-8-14(12-16)13-22-3/h4-12,17H,13H2,1-3H3,(H,19,21)/t17-/m0/s1. The van der Waals surface area contributed by atoms with Crippen LogP contribution in [0, 0.1) is 0 Å². The summed E-state index contributed by atoms with van der Waals surface area (Å²) in [5.74, 6) is -0.0502. The van der Waals surface area contributed by atoms with Crippen LogP contribution in [0.5, 0.6) is 0 Å². The monoisotopic (exact) mass is 298 g/mol. The average molecular weight is 298 g/mol. The average Bonchev–Trinajstić information content (AvgIpc) is 2.48. The number of likely N-dealkylation sites (N-methyl/N-ethyl adjacent to an activating group) is 1. The van der Waals surface area contributed by atoms with Gasteiger partial charge in [-0.2, -0.15) is 0 Å². The largest absolute Gasteiger partial charge is 0.380 e. The number of methoxy groups -OCH3 is 1. The van der Waals surface area contributed by atoms with Gasteiger partial charge in [-0.15, -0.1) is 0 Å². The molecule has 0 radical (unpaired) electrons. The van der Waals surface area contributed by atoms with Crippen LogP contribution in [0.4, 0.5) is 5.69 Å². The number of benzene rings is 2. The van der Waals surface area contributed by atoms with E-state index in [1.165, 1.54) is 0 Å². The second-order valence-electron chi connectivity index (χ2n) is 5.40. The zero-order valence-electron chi connectivity index (χ0n) is 13.2. The molecule has 116 valence electrons. The second-order valence-corrected chi connectivity index (χ2v) is 5.40. The van der Waals surface area contributed by atoms with Crippen LogP contribution in [-0.2, 0) is 16.1 Å². The van der Waals surface area contributed by atoms with Crippen LogP contribution in [0.2, 0.25) is 0 Å². The van der Waals surface area contributed by atoms with Crippen molar-refractivity contribution in [1.29, 1.82) is 0 Å². The fourth-order valence-electron chi connectivity index (χ4n) is 2.44. The van der Waals surface area contributed by atoms with E-state index in [2.05, 4.69) is 5.32 Å². The van der Waals surface area contributed by atoms with Gasteiger partial charge in [0.25, 0.3) is 0 Å². The normalized spacial score (nSPS) is 12.2. The van der Waals surface area contributed by atoms with Gasteiger partial charge in [0.1, 0.15) is 6.04 Å². The van der Waals surface area contributed by atoms with Gasteiger partial charge in [-0.25, -0.2) is 0 Å². The molecule has 0 bridgehead atoms. The van der Waals surface area contributed by atoms with E-state index in [-0.39, 0.29) is 11.9 Å². The quantitative estimate of drug-likeness (QED) is 0.891. The maximum absolute atomic E-state index is 12.6. The first kappa shape index (κ1) is 16.2. The van der Waals surface area contributed by atoms with Crippen LogP contribution >= 0.6 is 0 Å². The Bertz CT molecular complexity index is 611. The van der Waals surface area contributed by atoms with Crippen molar-refractivity contribution < 1.29 is 9.53 Å². The molecule has 0 aliphatic rings. The molecule has 22 heavy (non-hydrogen) atoms. The zero-order valence-corrected chi connectivity index (χ0v) is 13.2. The van der Waals surface area contributed by atoms with Crippen molar-refractivity contribution in [2.24, 2.45) is 0 Å². The van der Waals surface area contributed by atoms with Crippen LogP contribution in [0.25, 0.3) is 0 Å². The molecule has 0 saturated heterocycles. The first-order valence-electron chi connectivity index (χ1n) is 7.22. The molecule has 0 fully saturated rings. The SMILES string of the molecule is COCc1cccc(NC(=O)[C@H](c2ccccc2)N(C)C)c1. The van der Waals surface area contributed by atoms with Gasteiger partial charge in [-0.1, -0.05) is 42.5 Å². The number of nitrogens with one attached hydrogen (secondary N) is 1. The molecule has 4 heteroatoms. The van der Waals surface area contributed by atoms with Gasteiger partial charge in [0.2, 0.25) is 5.91 Å². The van der Waals surface area contributed by atoms with E-state index in [1.807, 2.05) is 73.6 Å². The number of carbonyl (C=O) groups excluding carboxylic acids is 1. The maximum Gasteiger partial charge on any atom is 0.246 e. The number of hydrogen-bond donors (Lipinski definition) is 1. The van der Waals surface area contributed by atoms with Gasteiger partial charge >= 0.3 is 0 Å². The first-order valence-corrected chi connectivity index (χ1v) is 7.22. The summed E-state index contributed by atoms with van der Waals surface area (Å²) in [4.78, 5) is 14.5. The molecule has 2 rings (SSSR count). The minimum absolute atomic E-state index is 0.0502. The van der Waals surface area contributed by atoms with E-state index in [1.54, 1.807) is 7.11 Å². The van der Waals surface area contributed by atoms with Crippen molar-refractivity contribution in [3.05, 3.63) is 65.7 Å². The Morgan fingerprint density at radius 3 is 2.50 bits per heavy atom. The van der Waals surface area contributed by atoms with Crippen molar-refractivity contribution >= 4 is 11.6 Å². The van der Waals surface area contributed by atoms with E-state index < -0.39 is 0 Å². The lowest BCUT2D eigenvalue weighted by atomic mass is 10.1. The fourth-order valence-corrected chi connectivity index (χ4v) is 2.44. The van der Waals surface area contributed by atoms with Crippen molar-refractivity contribution in [3.8, 4) is 0 Å². The van der Waals surface area contributed by atoms with Gasteiger partial charge < -0.3 is 10.1 Å². The molecule has 0 aliphatic carbocycles. The summed E-state index contributed by atoms with van der Waals surface area (Å²) in [5, 5.41) is 2.98. The highest BCUT2D eigenvalue weighted by Crippen LogP contribution is 2.21. The molecule has 0 spiro atoms. The lowest BCUT2D eigenvalue weighted by molar-refractivity contribution is -0.120. The number of anilines is 1. The molecule has 0 unspecified atom stereocenters. The third-order valence-corrected chi connectivity index (χ3v) is 3.39. The molecule has 1 atom stereocenters. The summed E-state index contributed by atoms with van der Waals surface area (Å²) in [5.41, 5.74) is 2.78. The summed E-state index contributed by atoms with van der Waals surface area (Å²) in [6.07, 6.45) is 0. The van der Waals surface area contributed by atoms with Gasteiger partial charge in [0.05, 0.1) is 6.61 Å². The predicted octanol–water partition coefficient (Wildman–Crippen LogP) is 3.07. The highest BCUT2D eigenvalue weighted by Gasteiger charge is 2.22. The van der Waals surface area contributed by atoms with Crippen molar-refractivity contribution in [1.82, 2.24) is 4.90 Å². The van der Waals surface area contributed by atoms with Crippen LogP contribution in [-0.4, -0.2) is 32.0 Å². The van der Waals surface area contributed by atoms with Crippen molar-refractivity contribution in [2.75, 3.05) is 26.5 Å². The Morgan fingerprint density at radius 1 is 1.14 bits per heavy atom. The van der Waals surface area contributed by atoms with Crippen LogP contribution < -0.4 is 5.32 Å². The molecular weight excluding hydrogens is 276 g/mol.